The van der Waals surface area contributed by atoms with E-state index in [0.717, 1.165) is 25.7 Å². The fourth-order valence-corrected chi connectivity index (χ4v) is 3.29. The molecule has 3 rings (SSSR count). The van der Waals surface area contributed by atoms with Crippen LogP contribution in [-0.2, 0) is 11.2 Å². The number of nitro benzene ring substituents is 1. The Morgan fingerprint density at radius 1 is 1.32 bits per heavy atom. The molecule has 1 N–H and O–H groups in total. The number of fused-ring (bicyclic) bond motifs is 1. The summed E-state index contributed by atoms with van der Waals surface area (Å²) >= 11 is 0. The van der Waals surface area contributed by atoms with Gasteiger partial charge in [-0.05, 0) is 30.2 Å². The van der Waals surface area contributed by atoms with Gasteiger partial charge in [0, 0.05) is 25.0 Å². The van der Waals surface area contributed by atoms with Gasteiger partial charge in [-0.1, -0.05) is 26.2 Å². The predicted octanol–water partition coefficient (Wildman–Crippen LogP) is 3.71. The number of amides is 2. The van der Waals surface area contributed by atoms with Gasteiger partial charge < -0.3 is 10.2 Å². The summed E-state index contributed by atoms with van der Waals surface area (Å²) in [6.45, 7) is 2.66. The maximum atomic E-state index is 12.4. The van der Waals surface area contributed by atoms with Gasteiger partial charge in [0.2, 0.25) is 5.91 Å². The Kier molecular flexibility index (Phi) is 5.98. The summed E-state index contributed by atoms with van der Waals surface area (Å²) in [7, 11) is 0. The first-order valence-corrected chi connectivity index (χ1v) is 9.34. The molecular formula is C20H22N4O4. The number of hydrogen-bond donors (Lipinski definition) is 1. The summed E-state index contributed by atoms with van der Waals surface area (Å²) in [6.07, 6.45) is 7.15. The summed E-state index contributed by atoms with van der Waals surface area (Å²) in [5, 5.41) is 14.1. The molecule has 1 aromatic heterocycles. The van der Waals surface area contributed by atoms with Gasteiger partial charge in [0.25, 0.3) is 11.6 Å². The average molecular weight is 382 g/mol. The molecule has 2 amide bonds. The first-order valence-electron chi connectivity index (χ1n) is 9.34. The highest BCUT2D eigenvalue weighted by Crippen LogP contribution is 2.38. The third kappa shape index (κ3) is 4.16. The van der Waals surface area contributed by atoms with Crippen molar-refractivity contribution in [2.24, 2.45) is 0 Å². The lowest BCUT2D eigenvalue weighted by atomic mass is 10.1. The lowest BCUT2D eigenvalue weighted by molar-refractivity contribution is -0.383. The van der Waals surface area contributed by atoms with E-state index in [-0.39, 0.29) is 23.7 Å². The van der Waals surface area contributed by atoms with Crippen molar-refractivity contribution in [3.8, 4) is 0 Å². The first-order chi connectivity index (χ1) is 13.5. The van der Waals surface area contributed by atoms with Crippen molar-refractivity contribution in [3.63, 3.8) is 0 Å². The molecule has 0 saturated heterocycles. The second-order valence-corrected chi connectivity index (χ2v) is 6.73. The highest BCUT2D eigenvalue weighted by molar-refractivity contribution is 6.07. The Balaban J connectivity index is 1.86. The van der Waals surface area contributed by atoms with E-state index in [9.17, 15) is 19.7 Å². The van der Waals surface area contributed by atoms with Crippen molar-refractivity contribution in [2.45, 2.75) is 39.0 Å². The fourth-order valence-electron chi connectivity index (χ4n) is 3.29. The molecule has 146 valence electrons. The molecule has 1 aliphatic heterocycles. The maximum Gasteiger partial charge on any atom is 0.294 e. The number of benzene rings is 1. The van der Waals surface area contributed by atoms with E-state index in [0.29, 0.717) is 23.4 Å². The van der Waals surface area contributed by atoms with Crippen LogP contribution in [0.1, 0.15) is 48.5 Å². The van der Waals surface area contributed by atoms with Crippen LogP contribution in [0.4, 0.5) is 17.1 Å². The Labute approximate surface area is 162 Å². The van der Waals surface area contributed by atoms with Crippen LogP contribution in [0.2, 0.25) is 0 Å². The van der Waals surface area contributed by atoms with Crippen LogP contribution in [0.3, 0.4) is 0 Å². The standard InChI is InChI=1S/C20H22N4O4/c1-2-3-4-5-9-23-17-12-18(24(27)28)16(10-15(17)11-19(23)25)22-20(26)14-7-6-8-21-13-14/h6-8,10,12-13H,2-5,9,11H2,1H3,(H,22,26). The molecule has 8 heteroatoms. The second-order valence-electron chi connectivity index (χ2n) is 6.73. The third-order valence-corrected chi connectivity index (χ3v) is 4.73. The van der Waals surface area contributed by atoms with E-state index in [1.54, 1.807) is 17.0 Å². The molecule has 1 aliphatic rings. The number of unbranched alkanes of at least 4 members (excludes halogenated alkanes) is 3. The molecule has 2 heterocycles. The highest BCUT2D eigenvalue weighted by Gasteiger charge is 2.31. The largest absolute Gasteiger partial charge is 0.316 e. The molecule has 8 nitrogen and oxygen atoms in total. The van der Waals surface area contributed by atoms with Gasteiger partial charge >= 0.3 is 0 Å². The number of nitrogens with zero attached hydrogens (tertiary/aromatic N) is 3. The minimum atomic E-state index is -0.544. The zero-order valence-electron chi connectivity index (χ0n) is 15.7. The molecule has 2 aromatic rings. The van der Waals surface area contributed by atoms with Crippen molar-refractivity contribution in [1.82, 2.24) is 4.98 Å². The normalized spacial score (nSPS) is 12.8. The SMILES string of the molecule is CCCCCCN1C(=O)Cc2cc(NC(=O)c3cccnc3)c([N+](=O)[O-])cc21. The van der Waals surface area contributed by atoms with Crippen molar-refractivity contribution < 1.29 is 14.5 Å². The Bertz CT molecular complexity index is 899. The molecule has 0 radical (unpaired) electrons. The van der Waals surface area contributed by atoms with Gasteiger partial charge in [-0.3, -0.25) is 24.7 Å². The first kappa shape index (κ1) is 19.5. The van der Waals surface area contributed by atoms with Crippen LogP contribution >= 0.6 is 0 Å². The number of aromatic nitrogens is 1. The van der Waals surface area contributed by atoms with Gasteiger partial charge in [0.15, 0.2) is 0 Å². The molecule has 0 atom stereocenters. The van der Waals surface area contributed by atoms with Gasteiger partial charge in [-0.15, -0.1) is 0 Å². The summed E-state index contributed by atoms with van der Waals surface area (Å²) < 4.78 is 0. The van der Waals surface area contributed by atoms with E-state index in [1.165, 1.54) is 24.5 Å². The Morgan fingerprint density at radius 2 is 2.14 bits per heavy atom. The second kappa shape index (κ2) is 8.60. The van der Waals surface area contributed by atoms with Crippen molar-refractivity contribution >= 4 is 28.9 Å². The summed E-state index contributed by atoms with van der Waals surface area (Å²) in [4.78, 5) is 41.3. The molecular weight excluding hydrogens is 360 g/mol. The van der Waals surface area contributed by atoms with Gasteiger partial charge in [0.1, 0.15) is 5.69 Å². The number of nitrogens with one attached hydrogen (secondary N) is 1. The van der Waals surface area contributed by atoms with Gasteiger partial charge in [0.05, 0.1) is 22.6 Å². The number of anilines is 2. The molecule has 0 aliphatic carbocycles. The topological polar surface area (TPSA) is 105 Å². The van der Waals surface area contributed by atoms with Gasteiger partial charge in [-0.25, -0.2) is 0 Å². The summed E-state index contributed by atoms with van der Waals surface area (Å²) in [6, 6.07) is 6.11. The van der Waals surface area contributed by atoms with E-state index < -0.39 is 10.8 Å². The fraction of sp³-hybridized carbons (Fsp3) is 0.350. The number of carbonyl (C=O) groups is 2. The summed E-state index contributed by atoms with van der Waals surface area (Å²) in [5.74, 6) is -0.562. The number of pyridine rings is 1. The van der Waals surface area contributed by atoms with Crippen molar-refractivity contribution in [3.05, 3.63) is 57.9 Å². The molecule has 0 spiro atoms. The van der Waals surface area contributed by atoms with Crippen LogP contribution < -0.4 is 10.2 Å². The molecule has 28 heavy (non-hydrogen) atoms. The number of carbonyl (C=O) groups excluding carboxylic acids is 2. The zero-order chi connectivity index (χ0) is 20.1. The van der Waals surface area contributed by atoms with Gasteiger partial charge in [-0.2, -0.15) is 0 Å². The molecule has 0 bridgehead atoms. The lowest BCUT2D eigenvalue weighted by Crippen LogP contribution is -2.27. The smallest absolute Gasteiger partial charge is 0.294 e. The van der Waals surface area contributed by atoms with E-state index >= 15 is 0 Å². The number of rotatable bonds is 8. The van der Waals surface area contributed by atoms with Crippen LogP contribution in [0.5, 0.6) is 0 Å². The molecule has 0 unspecified atom stereocenters. The van der Waals surface area contributed by atoms with Crippen LogP contribution in [-0.4, -0.2) is 28.3 Å². The minimum absolute atomic E-state index is 0.0727. The monoisotopic (exact) mass is 382 g/mol. The molecule has 0 fully saturated rings. The number of nitro groups is 1. The van der Waals surface area contributed by atoms with Crippen LogP contribution in [0.15, 0.2) is 36.7 Å². The maximum absolute atomic E-state index is 12.4. The molecule has 1 aromatic carbocycles. The van der Waals surface area contributed by atoms with Crippen LogP contribution in [0, 0.1) is 10.1 Å². The van der Waals surface area contributed by atoms with E-state index in [4.69, 9.17) is 0 Å². The van der Waals surface area contributed by atoms with Crippen molar-refractivity contribution in [1.29, 1.82) is 0 Å². The lowest BCUT2D eigenvalue weighted by Gasteiger charge is -2.17. The third-order valence-electron chi connectivity index (χ3n) is 4.73. The quantitative estimate of drug-likeness (QED) is 0.426. The Hall–Kier alpha value is -3.29. The predicted molar refractivity (Wildman–Crippen MR) is 105 cm³/mol. The van der Waals surface area contributed by atoms with Crippen molar-refractivity contribution in [2.75, 3.05) is 16.8 Å². The highest BCUT2D eigenvalue weighted by atomic mass is 16.6. The van der Waals surface area contributed by atoms with Crippen LogP contribution in [0.25, 0.3) is 0 Å². The zero-order valence-corrected chi connectivity index (χ0v) is 15.7. The minimum Gasteiger partial charge on any atom is -0.316 e. The number of hydrogen-bond acceptors (Lipinski definition) is 5. The van der Waals surface area contributed by atoms with E-state index in [1.807, 2.05) is 0 Å². The summed E-state index contributed by atoms with van der Waals surface area (Å²) in [5.41, 5.74) is 1.40. The Morgan fingerprint density at radius 3 is 2.82 bits per heavy atom. The van der Waals surface area contributed by atoms with E-state index in [2.05, 4.69) is 17.2 Å². The molecule has 0 saturated carbocycles. The average Bonchev–Trinajstić information content (AvgIpc) is 2.99.